The van der Waals surface area contributed by atoms with Crippen LogP contribution in [-0.2, 0) is 52.2 Å². The van der Waals surface area contributed by atoms with Crippen LogP contribution in [0.25, 0.3) is 33.9 Å². The Labute approximate surface area is 490 Å². The lowest BCUT2D eigenvalue weighted by Gasteiger charge is -2.23. The van der Waals surface area contributed by atoms with Crippen LogP contribution in [0.2, 0.25) is 0 Å². The molecular weight excluding hydrogens is 1270 g/mol. The number of rotatable bonds is 14. The molecule has 2 unspecified atom stereocenters. The lowest BCUT2D eigenvalue weighted by Crippen LogP contribution is -2.31. The molecule has 2 atom stereocenters. The van der Waals surface area contributed by atoms with Crippen LogP contribution in [-0.4, -0.2) is 90.8 Å². The number of halogens is 9. The van der Waals surface area contributed by atoms with Crippen molar-refractivity contribution in [1.29, 1.82) is 0 Å². The molecular formula is C58H47Br3F6N8O7. The fourth-order valence-corrected chi connectivity index (χ4v) is 9.64. The number of hydrogen-bond donors (Lipinski definition) is 2. The molecule has 2 saturated heterocycles. The smallest absolute Gasteiger partial charge is 0.395 e. The number of nitrogen functional groups attached to an aromatic ring is 1. The molecule has 11 rings (SSSR count). The molecule has 24 heteroatoms. The predicted molar refractivity (Wildman–Crippen MR) is 302 cm³/mol. The molecule has 6 aromatic carbocycles. The fraction of sp³-hybridized carbons (Fsp3) is 0.207. The Morgan fingerprint density at radius 1 is 0.683 bits per heavy atom. The molecule has 3 N–H and O–H groups in total. The van der Waals surface area contributed by atoms with E-state index in [4.69, 9.17) is 25.4 Å². The SMILES string of the molecule is CCOC(=O)C(F)(F)Br.Nc1ccc(CCN2C(=O)COC2c2cn(-c3ccc(Br)cc3)nc2-c2ccc(F)cc2)cc1.O=C1COC(c2cn(-c3ccc(Br)cc3)nc2-c2ccc(F)cc2)N1CCc1ccc2c(c1)C(F)(F)C(=O)N2. The van der Waals surface area contributed by atoms with Gasteiger partial charge in [-0.3, -0.25) is 14.4 Å². The van der Waals surface area contributed by atoms with E-state index in [2.05, 4.69) is 41.9 Å². The Kier molecular flexibility index (Phi) is 18.2. The van der Waals surface area contributed by atoms with Gasteiger partial charge in [0.1, 0.15) is 36.2 Å². The quantitative estimate of drug-likeness (QED) is 0.0461. The maximum Gasteiger partial charge on any atom is 0.395 e. The molecule has 2 aromatic heterocycles. The number of nitrogens with two attached hydrogens (primary N) is 1. The maximum atomic E-state index is 14.3. The van der Waals surface area contributed by atoms with E-state index in [0.717, 1.165) is 37.0 Å². The number of carbonyl (C=O) groups excluding carboxylic acids is 4. The number of anilines is 2. The molecule has 82 heavy (non-hydrogen) atoms. The standard InChI is InChI=1S/C28H20BrF3N4O3.C26H22BrFN4O2.C4H5BrF2O2/c29-18-4-8-20(9-5-18)36-14-21(25(34-36)17-2-6-19(30)7-3-17)26-35(24(37)15-39-26)12-11-16-1-10-23-22(13-16)28(31,32)27(38)33-23;27-19-5-11-22(12-6-19)32-15-23(25(30-32)18-3-7-20(28)8-4-18)26-31(24(33)16-34-26)14-13-17-1-9-21(29)10-2-17;1-2-9-3(8)4(5,6)7/h1-10,13-14,26H,11-12,15H2,(H,33,38);1-12,15,26H,13-14,16,29H2;2H2,1H3. The highest BCUT2D eigenvalue weighted by atomic mass is 79.9. The van der Waals surface area contributed by atoms with Gasteiger partial charge in [0, 0.05) is 78.3 Å². The molecule has 3 aliphatic rings. The van der Waals surface area contributed by atoms with Gasteiger partial charge in [0.2, 0.25) is 0 Å². The third kappa shape index (κ3) is 13.6. The zero-order valence-electron chi connectivity index (χ0n) is 43.1. The first-order valence-electron chi connectivity index (χ1n) is 25.1. The minimum Gasteiger partial charge on any atom is -0.461 e. The highest BCUT2D eigenvalue weighted by Crippen LogP contribution is 2.42. The van der Waals surface area contributed by atoms with Gasteiger partial charge in [-0.25, -0.2) is 22.9 Å². The summed E-state index contributed by atoms with van der Waals surface area (Å²) < 4.78 is 100. The van der Waals surface area contributed by atoms with Gasteiger partial charge in [0.25, 0.3) is 17.7 Å². The molecule has 424 valence electrons. The summed E-state index contributed by atoms with van der Waals surface area (Å²) in [6.07, 6.45) is 3.19. The Bertz CT molecular complexity index is 3610. The van der Waals surface area contributed by atoms with E-state index in [1.54, 1.807) is 50.8 Å². The molecule has 2 fully saturated rings. The van der Waals surface area contributed by atoms with Crippen LogP contribution < -0.4 is 11.1 Å². The Hall–Kier alpha value is -7.64. The number of fused-ring (bicyclic) bond motifs is 1. The van der Waals surface area contributed by atoms with Crippen LogP contribution in [0.4, 0.5) is 37.7 Å². The normalized spacial score (nSPS) is 16.3. The second-order valence-electron chi connectivity index (χ2n) is 18.6. The fourth-order valence-electron chi connectivity index (χ4n) is 8.99. The van der Waals surface area contributed by atoms with Gasteiger partial charge >= 0.3 is 16.7 Å². The summed E-state index contributed by atoms with van der Waals surface area (Å²) in [6, 6.07) is 39.3. The Balaban J connectivity index is 0.000000173. The van der Waals surface area contributed by atoms with Crippen LogP contribution in [0, 0.1) is 11.6 Å². The Morgan fingerprint density at radius 2 is 1.12 bits per heavy atom. The molecule has 3 aliphatic heterocycles. The first kappa shape index (κ1) is 59.0. The first-order valence-corrected chi connectivity index (χ1v) is 27.5. The number of benzene rings is 6. The van der Waals surface area contributed by atoms with Crippen molar-refractivity contribution in [3.8, 4) is 33.9 Å². The average Bonchev–Trinajstić information content (AvgIpc) is 4.33. The van der Waals surface area contributed by atoms with Gasteiger partial charge in [-0.15, -0.1) is 0 Å². The molecule has 0 bridgehead atoms. The number of nitrogens with zero attached hydrogens (tertiary/aromatic N) is 6. The van der Waals surface area contributed by atoms with Crippen molar-refractivity contribution in [2.24, 2.45) is 0 Å². The van der Waals surface area contributed by atoms with E-state index >= 15 is 0 Å². The third-order valence-electron chi connectivity index (χ3n) is 13.1. The summed E-state index contributed by atoms with van der Waals surface area (Å²) in [4.78, 5) is 47.0. The minimum absolute atomic E-state index is 0.00126. The zero-order chi connectivity index (χ0) is 58.5. The van der Waals surface area contributed by atoms with Crippen molar-refractivity contribution >= 4 is 82.9 Å². The predicted octanol–water partition coefficient (Wildman–Crippen LogP) is 12.2. The summed E-state index contributed by atoms with van der Waals surface area (Å²) in [5, 5.41) is 11.7. The lowest BCUT2D eigenvalue weighted by molar-refractivity contribution is -0.158. The van der Waals surface area contributed by atoms with Crippen molar-refractivity contribution in [2.75, 3.05) is 44.0 Å². The number of hydrogen-bond acceptors (Lipinski definition) is 10. The molecule has 0 aliphatic carbocycles. The maximum absolute atomic E-state index is 14.3. The molecule has 8 aromatic rings. The zero-order valence-corrected chi connectivity index (χ0v) is 47.8. The van der Waals surface area contributed by atoms with Crippen molar-refractivity contribution in [3.63, 3.8) is 0 Å². The van der Waals surface area contributed by atoms with E-state index in [1.807, 2.05) is 94.9 Å². The van der Waals surface area contributed by atoms with E-state index in [1.165, 1.54) is 48.2 Å². The van der Waals surface area contributed by atoms with Gasteiger partial charge in [-0.2, -0.15) is 27.8 Å². The topological polar surface area (TPSA) is 176 Å². The molecule has 0 spiro atoms. The number of esters is 1. The van der Waals surface area contributed by atoms with E-state index in [0.29, 0.717) is 46.7 Å². The monoisotopic (exact) mass is 1320 g/mol. The van der Waals surface area contributed by atoms with Gasteiger partial charge in [0.05, 0.1) is 29.2 Å². The summed E-state index contributed by atoms with van der Waals surface area (Å²) in [5.41, 5.74) is 13.3. The molecule has 0 radical (unpaired) electrons. The van der Waals surface area contributed by atoms with Crippen LogP contribution in [0.5, 0.6) is 0 Å². The van der Waals surface area contributed by atoms with Crippen molar-refractivity contribution in [2.45, 2.75) is 43.0 Å². The molecule has 5 heterocycles. The number of carbonyl (C=O) groups is 4. The second kappa shape index (κ2) is 25.2. The number of alkyl halides is 5. The average molecular weight is 1320 g/mol. The number of amides is 3. The van der Waals surface area contributed by atoms with Gasteiger partial charge < -0.3 is 35.1 Å². The van der Waals surface area contributed by atoms with Crippen molar-refractivity contribution < 1.29 is 59.7 Å². The van der Waals surface area contributed by atoms with Crippen molar-refractivity contribution in [1.82, 2.24) is 29.4 Å². The van der Waals surface area contributed by atoms with Crippen LogP contribution in [0.3, 0.4) is 0 Å². The number of ether oxygens (including phenoxy) is 3. The van der Waals surface area contributed by atoms with Crippen molar-refractivity contribution in [3.05, 3.63) is 200 Å². The highest BCUT2D eigenvalue weighted by molar-refractivity contribution is 9.11. The van der Waals surface area contributed by atoms with Crippen LogP contribution >= 0.6 is 47.8 Å². The summed E-state index contributed by atoms with van der Waals surface area (Å²) in [7, 11) is 0. The van der Waals surface area contributed by atoms with Gasteiger partial charge in [-0.05, 0) is 152 Å². The summed E-state index contributed by atoms with van der Waals surface area (Å²) >= 11 is 8.71. The number of aromatic nitrogens is 4. The first-order chi connectivity index (χ1) is 39.2. The largest absolute Gasteiger partial charge is 0.461 e. The molecule has 15 nitrogen and oxygen atoms in total. The molecule has 0 saturated carbocycles. The Morgan fingerprint density at radius 3 is 1.55 bits per heavy atom. The molecule has 3 amide bonds. The second-order valence-corrected chi connectivity index (χ2v) is 21.4. The van der Waals surface area contributed by atoms with Gasteiger partial charge in [-0.1, -0.05) is 50.1 Å². The summed E-state index contributed by atoms with van der Waals surface area (Å²) in [6.45, 7) is 1.92. The lowest BCUT2D eigenvalue weighted by atomic mass is 10.0. The van der Waals surface area contributed by atoms with E-state index in [9.17, 15) is 45.5 Å². The van der Waals surface area contributed by atoms with Crippen LogP contribution in [0.15, 0.2) is 161 Å². The number of nitrogens with one attached hydrogen (secondary N) is 1. The minimum atomic E-state index is -3.61. The third-order valence-corrected chi connectivity index (χ3v) is 14.5. The highest BCUT2D eigenvalue weighted by Gasteiger charge is 2.48. The van der Waals surface area contributed by atoms with E-state index < -0.39 is 40.9 Å². The van der Waals surface area contributed by atoms with Gasteiger partial charge in [0.15, 0.2) is 12.5 Å². The summed E-state index contributed by atoms with van der Waals surface area (Å²) in [5.74, 6) is -7.56. The van der Waals surface area contributed by atoms with E-state index in [-0.39, 0.29) is 61.7 Å². The van der Waals surface area contributed by atoms with Crippen LogP contribution in [0.1, 0.15) is 47.2 Å².